The van der Waals surface area contributed by atoms with Crippen LogP contribution in [0.1, 0.15) is 202 Å². The zero-order valence-corrected chi connectivity index (χ0v) is 67.4. The van der Waals surface area contributed by atoms with Crippen LogP contribution in [0.2, 0.25) is 0 Å². The van der Waals surface area contributed by atoms with Crippen molar-refractivity contribution >= 4 is 125 Å². The Bertz CT molecular complexity index is 4150. The van der Waals surface area contributed by atoms with E-state index >= 15 is 0 Å². The maximum atomic E-state index is 13.3. The van der Waals surface area contributed by atoms with Gasteiger partial charge in [0, 0.05) is 91.1 Å². The van der Waals surface area contributed by atoms with Crippen LogP contribution in [0.4, 0.5) is 33.6 Å². The van der Waals surface area contributed by atoms with E-state index in [-0.39, 0.29) is 164 Å². The number of carboxylic acid groups (broad SMARTS) is 12. The molecular formula is C75H104F2N18O32. The molecule has 0 unspecified atom stereocenters. The van der Waals surface area contributed by atoms with Gasteiger partial charge in [0.25, 0.3) is 23.6 Å². The zero-order valence-electron chi connectivity index (χ0n) is 67.4. The zero-order chi connectivity index (χ0) is 95.0. The minimum Gasteiger partial charge on any atom is -0.481 e. The number of halogens is 2. The molecule has 2 aromatic carbocycles. The lowest BCUT2D eigenvalue weighted by Crippen LogP contribution is -2.51. The van der Waals surface area contributed by atoms with Gasteiger partial charge in [0.05, 0.1) is 30.9 Å². The van der Waals surface area contributed by atoms with Crippen LogP contribution in [-0.4, -0.2) is 284 Å². The fraction of sp³-hybridized carbons (Fsp3) is 0.520. The second kappa shape index (κ2) is 62.1. The number of alkyl halides is 2. The van der Waals surface area contributed by atoms with Crippen LogP contribution in [0.5, 0.6) is 0 Å². The number of aliphatic carboxylic acids is 12. The van der Waals surface area contributed by atoms with Crippen molar-refractivity contribution in [3.63, 3.8) is 0 Å². The first-order valence-electron chi connectivity index (χ1n) is 38.5. The van der Waals surface area contributed by atoms with Gasteiger partial charge in [-0.2, -0.15) is 0 Å². The first kappa shape index (κ1) is 112. The molecule has 127 heavy (non-hydrogen) atoms. The van der Waals surface area contributed by atoms with Crippen molar-refractivity contribution in [2.45, 2.75) is 210 Å². The number of carbonyl (C=O) groups excluding carboxylic acids is 8. The minimum absolute atomic E-state index is 0. The predicted octanol–water partition coefficient (Wildman–Crippen LogP) is 2.69. The van der Waals surface area contributed by atoms with E-state index in [2.05, 4.69) is 68.8 Å². The van der Waals surface area contributed by atoms with Gasteiger partial charge in [0.15, 0.2) is 0 Å². The summed E-state index contributed by atoms with van der Waals surface area (Å²) in [6.07, 6.45) is 4.77. The number of unbranched alkanes of at least 4 members (excludes halogenated alkanes) is 5. The summed E-state index contributed by atoms with van der Waals surface area (Å²) in [7, 11) is 0. The van der Waals surface area contributed by atoms with Crippen LogP contribution in [-0.2, 0) is 64.0 Å². The number of hydrogen-bond donors (Lipinski definition) is 24. The molecule has 700 valence electrons. The lowest BCUT2D eigenvalue weighted by Gasteiger charge is -2.18. The summed E-state index contributed by atoms with van der Waals surface area (Å²) < 4.78 is 25.1. The Morgan fingerprint density at radius 1 is 0.378 bits per heavy atom. The Morgan fingerprint density at radius 3 is 0.850 bits per heavy atom. The predicted molar refractivity (Wildman–Crippen MR) is 432 cm³/mol. The van der Waals surface area contributed by atoms with Crippen LogP contribution in [0.3, 0.4) is 0 Å². The van der Waals surface area contributed by atoms with Gasteiger partial charge >= 0.3 is 95.8 Å². The highest BCUT2D eigenvalue weighted by Gasteiger charge is 2.31. The maximum Gasteiger partial charge on any atom is 0.326 e. The number of carbonyl (C=O) groups is 20. The Balaban J connectivity index is 0.00000234. The Morgan fingerprint density at radius 2 is 0.630 bits per heavy atom. The average molecular weight is 1810 g/mol. The van der Waals surface area contributed by atoms with Gasteiger partial charge in [-0.25, -0.2) is 62.2 Å². The molecule has 0 aliphatic carbocycles. The topological polar surface area (TPSA) is 808 Å². The third-order valence-corrected chi connectivity index (χ3v) is 17.1. The molecule has 1 heterocycles. The number of hydrogen-bond acceptors (Lipinski definition) is 23. The van der Waals surface area contributed by atoms with E-state index < -0.39 is 226 Å². The first-order valence-corrected chi connectivity index (χ1v) is 38.5. The number of aryl methyl sites for hydroxylation is 1. The number of benzene rings is 2. The van der Waals surface area contributed by atoms with Gasteiger partial charge in [-0.3, -0.25) is 47.1 Å². The number of aromatic nitrogens is 3. The number of nitrogens with zero attached hydrogens (tertiary/aromatic N) is 6. The van der Waals surface area contributed by atoms with Crippen molar-refractivity contribution in [3.05, 3.63) is 81.0 Å². The molecule has 50 nitrogen and oxygen atoms in total. The fourth-order valence-electron chi connectivity index (χ4n) is 10.6. The van der Waals surface area contributed by atoms with Gasteiger partial charge in [0.2, 0.25) is 0 Å². The second-order valence-corrected chi connectivity index (χ2v) is 27.0. The molecule has 1 aromatic heterocycles. The van der Waals surface area contributed by atoms with E-state index in [4.69, 9.17) is 42.6 Å². The Kier molecular flexibility index (Phi) is 54.7. The Hall–Kier alpha value is -15.1. The van der Waals surface area contributed by atoms with Crippen molar-refractivity contribution in [1.29, 1.82) is 0 Å². The molecule has 0 spiro atoms. The first-order chi connectivity index (χ1) is 59.5. The van der Waals surface area contributed by atoms with Crippen molar-refractivity contribution in [1.82, 2.24) is 78.8 Å². The molecule has 0 bridgehead atoms. The molecule has 0 saturated heterocycles. The monoisotopic (exact) mass is 1810 g/mol. The van der Waals surface area contributed by atoms with Gasteiger partial charge < -0.3 is 125 Å². The van der Waals surface area contributed by atoms with Crippen LogP contribution in [0, 0.1) is 12.3 Å². The smallest absolute Gasteiger partial charge is 0.326 e. The highest BCUT2D eigenvalue weighted by Crippen LogP contribution is 2.21. The number of rotatable bonds is 59. The number of carboxylic acids is 12. The van der Waals surface area contributed by atoms with E-state index in [0.717, 1.165) is 0 Å². The summed E-state index contributed by atoms with van der Waals surface area (Å²) in [5.41, 5.74) is 9.32. The molecule has 3 rings (SSSR count). The summed E-state index contributed by atoms with van der Waals surface area (Å²) in [6.45, 7) is -0.863. The van der Waals surface area contributed by atoms with E-state index in [9.17, 15) is 135 Å². The minimum atomic E-state index is -1.58. The molecule has 0 aliphatic heterocycles. The van der Waals surface area contributed by atoms with Gasteiger partial charge in [-0.05, 0) is 164 Å². The SMILES string of the molecule is C.C#CCCCF.O=C(O)CC[C@@H](NC(=O)N[C@@H](CCCCNC(=O)c1cc(C(=O)NCCCC[C@H](NC(=O)N[C@H](CCC(=O)O)C(=O)O)C(=O)O)cc(-n2cc(CCCF)nn2)c1)C(=O)O)C(=O)O.[N-]=[N+]=Nc1cc(C(=O)NCCCC[C@H](NC(=O)N[C@H](CCC(=O)O)C(=O)O)C(=O)O)cc(C(=O)NCCCC[C@H](NC(=O)N[C@H](CCC(=O)O)C(=O)O)C(=O)O)c1. The molecule has 24 N–H and O–H groups in total. The van der Waals surface area contributed by atoms with E-state index in [1.165, 1.54) is 47.3 Å². The summed E-state index contributed by atoms with van der Waals surface area (Å²) in [5.74, 6) is -17.3. The lowest BCUT2D eigenvalue weighted by molar-refractivity contribution is -0.142. The molecule has 52 heteroatoms. The summed E-state index contributed by atoms with van der Waals surface area (Å²) in [6, 6.07) is -8.96. The molecule has 0 saturated carbocycles. The van der Waals surface area contributed by atoms with Crippen LogP contribution >= 0.6 is 0 Å². The van der Waals surface area contributed by atoms with Gasteiger partial charge in [-0.1, -0.05) is 17.8 Å². The molecule has 0 aliphatic rings. The highest BCUT2D eigenvalue weighted by atomic mass is 19.1. The summed E-state index contributed by atoms with van der Waals surface area (Å²) >= 11 is 0. The van der Waals surface area contributed by atoms with Crippen molar-refractivity contribution in [2.75, 3.05) is 39.5 Å². The molecule has 0 fully saturated rings. The van der Waals surface area contributed by atoms with E-state index in [1.807, 2.05) is 21.3 Å². The van der Waals surface area contributed by atoms with Crippen molar-refractivity contribution in [3.8, 4) is 18.0 Å². The maximum absolute atomic E-state index is 13.3. The molecular weight excluding hydrogens is 1700 g/mol. The van der Waals surface area contributed by atoms with Crippen LogP contribution in [0.15, 0.2) is 47.7 Å². The fourth-order valence-corrected chi connectivity index (χ4v) is 10.6. The summed E-state index contributed by atoms with van der Waals surface area (Å²) in [5, 5.41) is 148. The number of terminal acetylenes is 1. The quantitative estimate of drug-likeness (QED) is 0.0127. The Labute approximate surface area is 720 Å². The number of nitrogens with one attached hydrogen (secondary N) is 12. The van der Waals surface area contributed by atoms with Gasteiger partial charge in [0.1, 0.15) is 48.3 Å². The van der Waals surface area contributed by atoms with Crippen LogP contribution in [0.25, 0.3) is 16.1 Å². The summed E-state index contributed by atoms with van der Waals surface area (Å²) in [4.78, 5) is 239. The normalized spacial score (nSPS) is 12.2. The standard InChI is InChI=1S/C37H50FN9O16.C32H43N9O16.C5H7F.CH4/c38-13-5-6-22-19-47(46-45-22)23-17-20(30(52)39-14-3-1-7-24(32(54)55)41-36(62)43-26(34(58)59)9-11-28(48)49)16-21(18-23)31(53)40-15-4-2-8-25(33(56)57)42-37(63)44-27(35(60)61)10-12-29(50)51;33-41-40-18-14-16(25(46)34-11-3-1-5-19(27(48)49)36-31(56)38-21(29(52)53)7-9-23(42)43)13-17(15-18)26(47)35-12-4-2-6-20(28(50)51)37-32(57)39-22(30(54)55)8-10-24(44)45;1-2-3-4-5-6;/h16-19,24-27H,1-15H2,(H,39,52)(H,40,53)(H,48,49)(H,50,51)(H,54,55)(H,56,57)(H,58,59)(H,60,61)(H2,41,43,62)(H2,42,44,63);13-15,19-22H,1-12H2,(H,34,46)(H,35,47)(H,42,43)(H,44,45)(H,48,49)(H,50,51)(H,52,53)(H,54,55)(H2,36,38,56)(H2,37,39,57);1H,3-5H2;1H4/t24-,25-,26+,27+;19-,20-,21+,22+;;/m00../s1. The molecule has 12 amide bonds. The number of amides is 12. The highest BCUT2D eigenvalue weighted by molar-refractivity contribution is 6.02. The van der Waals surface area contributed by atoms with Crippen molar-refractivity contribution in [2.24, 2.45) is 5.11 Å². The van der Waals surface area contributed by atoms with E-state index in [0.29, 0.717) is 18.5 Å². The lowest BCUT2D eigenvalue weighted by atomic mass is 10.1. The third-order valence-electron chi connectivity index (χ3n) is 17.1. The number of azide groups is 1. The number of urea groups is 4. The third kappa shape index (κ3) is 49.0. The van der Waals surface area contributed by atoms with Crippen LogP contribution < -0.4 is 63.8 Å². The largest absolute Gasteiger partial charge is 0.481 e. The average Bonchev–Trinajstić information content (AvgIpc) is 1.80. The molecule has 0 radical (unpaired) electrons. The molecule has 8 atom stereocenters. The van der Waals surface area contributed by atoms with Gasteiger partial charge in [-0.15, -0.1) is 17.4 Å². The van der Waals surface area contributed by atoms with E-state index in [1.54, 1.807) is 0 Å². The second-order valence-electron chi connectivity index (χ2n) is 27.0. The molecule has 3 aromatic rings. The van der Waals surface area contributed by atoms with Crippen molar-refractivity contribution < 1.29 is 166 Å².